The molecule has 0 radical (unpaired) electrons. The molecule has 0 aromatic carbocycles. The summed E-state index contributed by atoms with van der Waals surface area (Å²) in [6.45, 7) is 8.83. The molecule has 0 heterocycles. The molecular formula is C25H36O4S. The summed E-state index contributed by atoms with van der Waals surface area (Å²) in [5.74, 6) is 2.77. The van der Waals surface area contributed by atoms with Gasteiger partial charge in [0.25, 0.3) is 0 Å². The second-order valence-corrected chi connectivity index (χ2v) is 12.0. The molecule has 166 valence electrons. The molecule has 4 rings (SSSR count). The van der Waals surface area contributed by atoms with Gasteiger partial charge in [-0.3, -0.25) is 14.4 Å². The second-order valence-electron chi connectivity index (χ2n) is 10.9. The summed E-state index contributed by atoms with van der Waals surface area (Å²) >= 11 is 1.49. The minimum Gasteiger partial charge on any atom is -0.481 e. The van der Waals surface area contributed by atoms with Crippen molar-refractivity contribution in [2.45, 2.75) is 79.1 Å². The molecule has 7 atom stereocenters. The van der Waals surface area contributed by atoms with E-state index in [0.29, 0.717) is 41.6 Å². The Morgan fingerprint density at radius 3 is 2.53 bits per heavy atom. The van der Waals surface area contributed by atoms with E-state index < -0.39 is 5.97 Å². The topological polar surface area (TPSA) is 71.4 Å². The van der Waals surface area contributed by atoms with E-state index in [1.54, 1.807) is 6.92 Å². The van der Waals surface area contributed by atoms with Gasteiger partial charge >= 0.3 is 5.97 Å². The van der Waals surface area contributed by atoms with Crippen LogP contribution in [0.3, 0.4) is 0 Å². The smallest absolute Gasteiger partial charge is 0.304 e. The third-order valence-corrected chi connectivity index (χ3v) is 10.6. The molecule has 4 aliphatic carbocycles. The standard InChI is InChI=1S/C25H36O4S/c1-14-13-19-16-5-6-18-23(30-12-9-21(28)29)20(27)8-11-24(18,3)17(16)7-10-25(19,4)22(14)15(2)26/h14,16-17,19,22H,5-13H2,1-4H3,(H,28,29). The first-order valence-corrected chi connectivity index (χ1v) is 12.7. The fourth-order valence-electron chi connectivity index (χ4n) is 8.30. The number of carbonyl (C=O) groups excluding carboxylic acids is 2. The van der Waals surface area contributed by atoms with Gasteiger partial charge in [-0.05, 0) is 85.5 Å². The van der Waals surface area contributed by atoms with Crippen molar-refractivity contribution in [2.75, 3.05) is 5.75 Å². The Hall–Kier alpha value is -1.10. The molecule has 0 aliphatic heterocycles. The first-order valence-electron chi connectivity index (χ1n) is 11.7. The third-order valence-electron chi connectivity index (χ3n) is 9.41. The Bertz CT molecular complexity index is 801. The number of carboxylic acids is 1. The van der Waals surface area contributed by atoms with Crippen molar-refractivity contribution in [1.29, 1.82) is 0 Å². The van der Waals surface area contributed by atoms with E-state index in [1.165, 1.54) is 17.3 Å². The molecule has 4 nitrogen and oxygen atoms in total. The van der Waals surface area contributed by atoms with Gasteiger partial charge < -0.3 is 5.11 Å². The average Bonchev–Trinajstić information content (AvgIpc) is 2.94. The number of aliphatic carboxylic acids is 1. The number of allylic oxidation sites excluding steroid dienone is 1. The van der Waals surface area contributed by atoms with Crippen LogP contribution in [0.5, 0.6) is 0 Å². The van der Waals surface area contributed by atoms with Gasteiger partial charge in [0.05, 0.1) is 11.3 Å². The van der Waals surface area contributed by atoms with Crippen LogP contribution in [0.15, 0.2) is 10.5 Å². The minimum absolute atomic E-state index is 0.0568. The molecule has 3 saturated carbocycles. The molecule has 0 spiro atoms. The van der Waals surface area contributed by atoms with Crippen molar-refractivity contribution < 1.29 is 19.5 Å². The number of rotatable bonds is 5. The quantitative estimate of drug-likeness (QED) is 0.621. The van der Waals surface area contributed by atoms with Gasteiger partial charge in [0.2, 0.25) is 0 Å². The van der Waals surface area contributed by atoms with E-state index in [-0.39, 0.29) is 29.0 Å². The van der Waals surface area contributed by atoms with E-state index in [2.05, 4.69) is 20.8 Å². The Morgan fingerprint density at radius 1 is 1.13 bits per heavy atom. The van der Waals surface area contributed by atoms with Gasteiger partial charge in [0.15, 0.2) is 5.78 Å². The molecule has 0 amide bonds. The highest BCUT2D eigenvalue weighted by Crippen LogP contribution is 2.68. The van der Waals surface area contributed by atoms with Crippen molar-refractivity contribution >= 4 is 29.3 Å². The molecular weight excluding hydrogens is 396 g/mol. The summed E-state index contributed by atoms with van der Waals surface area (Å²) in [4.78, 5) is 37.1. The van der Waals surface area contributed by atoms with Crippen LogP contribution in [0.1, 0.15) is 79.1 Å². The van der Waals surface area contributed by atoms with Crippen LogP contribution >= 0.6 is 11.8 Å². The second kappa shape index (κ2) is 7.79. The fourth-order valence-corrected chi connectivity index (χ4v) is 9.56. The van der Waals surface area contributed by atoms with E-state index in [9.17, 15) is 14.4 Å². The van der Waals surface area contributed by atoms with Gasteiger partial charge in [0, 0.05) is 18.1 Å². The van der Waals surface area contributed by atoms with Crippen LogP contribution in [0, 0.1) is 40.4 Å². The summed E-state index contributed by atoms with van der Waals surface area (Å²) in [6, 6.07) is 0. The van der Waals surface area contributed by atoms with E-state index >= 15 is 0 Å². The third kappa shape index (κ3) is 3.30. The highest BCUT2D eigenvalue weighted by Gasteiger charge is 2.61. The van der Waals surface area contributed by atoms with Gasteiger partial charge in [-0.1, -0.05) is 20.8 Å². The summed E-state index contributed by atoms with van der Waals surface area (Å²) in [5.41, 5.74) is 1.52. The van der Waals surface area contributed by atoms with E-state index in [0.717, 1.165) is 43.4 Å². The molecule has 0 aromatic heterocycles. The maximum absolute atomic E-state index is 12.8. The lowest BCUT2D eigenvalue weighted by molar-refractivity contribution is -0.136. The number of fused-ring (bicyclic) bond motifs is 5. The molecule has 0 aromatic rings. The average molecular weight is 433 g/mol. The number of carboxylic acid groups (broad SMARTS) is 1. The molecule has 1 N–H and O–H groups in total. The molecule has 30 heavy (non-hydrogen) atoms. The zero-order valence-electron chi connectivity index (χ0n) is 18.8. The SMILES string of the molecule is CC(=O)C1C(C)CC2C3CCC4=C(SCCC(=O)O)C(=O)CCC4(C)C3CCC21C. The number of carbonyl (C=O) groups is 3. The van der Waals surface area contributed by atoms with Crippen LogP contribution in [0.25, 0.3) is 0 Å². The monoisotopic (exact) mass is 432 g/mol. The number of ketones is 2. The van der Waals surface area contributed by atoms with Crippen molar-refractivity contribution in [2.24, 2.45) is 40.4 Å². The van der Waals surface area contributed by atoms with Gasteiger partial charge in [-0.25, -0.2) is 0 Å². The summed E-state index contributed by atoms with van der Waals surface area (Å²) in [7, 11) is 0. The molecule has 3 fully saturated rings. The molecule has 7 unspecified atom stereocenters. The van der Waals surface area contributed by atoms with Crippen LogP contribution in [0.4, 0.5) is 0 Å². The highest BCUT2D eigenvalue weighted by molar-refractivity contribution is 8.04. The summed E-state index contributed by atoms with van der Waals surface area (Å²) in [5, 5.41) is 9.00. The zero-order valence-corrected chi connectivity index (χ0v) is 19.6. The first kappa shape index (κ1) is 22.1. The first-order chi connectivity index (χ1) is 14.1. The largest absolute Gasteiger partial charge is 0.481 e. The number of thioether (sulfide) groups is 1. The lowest BCUT2D eigenvalue weighted by atomic mass is 9.46. The molecule has 0 saturated heterocycles. The number of hydrogen-bond donors (Lipinski definition) is 1. The summed E-state index contributed by atoms with van der Waals surface area (Å²) < 4.78 is 0. The maximum Gasteiger partial charge on any atom is 0.304 e. The summed E-state index contributed by atoms with van der Waals surface area (Å²) in [6.07, 6.45) is 7.13. The van der Waals surface area contributed by atoms with Gasteiger partial charge in [-0.2, -0.15) is 0 Å². The van der Waals surface area contributed by atoms with Crippen molar-refractivity contribution in [3.63, 3.8) is 0 Å². The minimum atomic E-state index is -0.801. The number of hydrogen-bond acceptors (Lipinski definition) is 4. The van der Waals surface area contributed by atoms with Gasteiger partial charge in [-0.15, -0.1) is 11.8 Å². The zero-order chi connectivity index (χ0) is 21.8. The predicted octanol–water partition coefficient (Wildman–Crippen LogP) is 5.51. The van der Waals surface area contributed by atoms with E-state index in [1.807, 2.05) is 0 Å². The van der Waals surface area contributed by atoms with Crippen molar-refractivity contribution in [3.05, 3.63) is 10.5 Å². The van der Waals surface area contributed by atoms with Crippen LogP contribution in [-0.4, -0.2) is 28.4 Å². The Kier molecular flexibility index (Phi) is 5.74. The van der Waals surface area contributed by atoms with E-state index in [4.69, 9.17) is 5.11 Å². The molecule has 0 bridgehead atoms. The van der Waals surface area contributed by atoms with Crippen molar-refractivity contribution in [1.82, 2.24) is 0 Å². The predicted molar refractivity (Wildman–Crippen MR) is 119 cm³/mol. The van der Waals surface area contributed by atoms with Crippen molar-refractivity contribution in [3.8, 4) is 0 Å². The molecule has 4 aliphatic rings. The lowest BCUT2D eigenvalue weighted by Gasteiger charge is -2.58. The van der Waals surface area contributed by atoms with Crippen LogP contribution in [-0.2, 0) is 14.4 Å². The lowest BCUT2D eigenvalue weighted by Crippen LogP contribution is -2.51. The van der Waals surface area contributed by atoms with Crippen LogP contribution < -0.4 is 0 Å². The fraction of sp³-hybridized carbons (Fsp3) is 0.800. The number of Topliss-reactive ketones (excluding diaryl/α,β-unsaturated/α-hetero) is 2. The Balaban J connectivity index is 1.64. The Morgan fingerprint density at radius 2 is 1.87 bits per heavy atom. The van der Waals surface area contributed by atoms with Crippen LogP contribution in [0.2, 0.25) is 0 Å². The maximum atomic E-state index is 12.8. The highest BCUT2D eigenvalue weighted by atomic mass is 32.2. The normalized spacial score (nSPS) is 43.1. The molecule has 5 heteroatoms. The van der Waals surface area contributed by atoms with Gasteiger partial charge in [0.1, 0.15) is 5.78 Å². The Labute approximate surface area is 184 Å².